The molecule has 2 aromatic rings. The molecule has 0 saturated carbocycles. The number of rotatable bonds is 2. The second-order valence-electron chi connectivity index (χ2n) is 5.43. The average molecular weight is 266 g/mol. The number of benzene rings is 2. The van der Waals surface area contributed by atoms with Crippen LogP contribution in [-0.2, 0) is 4.79 Å². The molecule has 2 N–H and O–H groups in total. The molecule has 0 aliphatic carbocycles. The topological polar surface area (TPSA) is 46.3 Å². The zero-order chi connectivity index (χ0) is 14.3. The molecule has 0 radical (unpaired) electrons. The second-order valence-corrected chi connectivity index (χ2v) is 5.43. The van der Waals surface area contributed by atoms with Gasteiger partial charge in [0.05, 0.1) is 6.04 Å². The number of nitrogens with two attached hydrogens (primary N) is 1. The Morgan fingerprint density at radius 3 is 1.95 bits per heavy atom. The monoisotopic (exact) mass is 266 g/mol. The summed E-state index contributed by atoms with van der Waals surface area (Å²) in [6.45, 7) is 4.08. The molecule has 3 heteroatoms. The number of amides is 1. The molecular formula is C17H18N2O. The number of carbonyl (C=O) groups excluding carboxylic acids is 1. The average Bonchev–Trinajstić information content (AvgIpc) is 2.46. The molecule has 1 aliphatic heterocycles. The largest absolute Gasteiger partial charge is 0.318 e. The molecule has 2 aromatic carbocycles. The zero-order valence-electron chi connectivity index (χ0n) is 11.7. The van der Waals surface area contributed by atoms with E-state index in [1.54, 1.807) is 4.90 Å². The highest BCUT2D eigenvalue weighted by Gasteiger charge is 2.46. The number of β-lactam (4-membered cyclic amide) rings is 1. The SMILES string of the molecule is Cc1ccc([C@@H]2[C@@H](N)C(=O)N2c2ccc(C)cc2)cc1. The minimum Gasteiger partial charge on any atom is -0.318 e. The van der Waals surface area contributed by atoms with Crippen LogP contribution in [0.2, 0.25) is 0 Å². The summed E-state index contributed by atoms with van der Waals surface area (Å²) in [6, 6.07) is 15.7. The fraction of sp³-hybridized carbons (Fsp3) is 0.235. The molecule has 1 fully saturated rings. The Labute approximate surface area is 119 Å². The molecule has 2 atom stereocenters. The molecule has 3 nitrogen and oxygen atoms in total. The smallest absolute Gasteiger partial charge is 0.247 e. The summed E-state index contributed by atoms with van der Waals surface area (Å²) in [5.41, 5.74) is 10.4. The van der Waals surface area contributed by atoms with Crippen LogP contribution in [0.5, 0.6) is 0 Å². The van der Waals surface area contributed by atoms with E-state index in [2.05, 4.69) is 12.1 Å². The Morgan fingerprint density at radius 2 is 1.40 bits per heavy atom. The van der Waals surface area contributed by atoms with Gasteiger partial charge in [0.1, 0.15) is 6.04 Å². The van der Waals surface area contributed by atoms with Crippen LogP contribution in [0, 0.1) is 13.8 Å². The van der Waals surface area contributed by atoms with Gasteiger partial charge in [0, 0.05) is 5.69 Å². The van der Waals surface area contributed by atoms with E-state index < -0.39 is 6.04 Å². The summed E-state index contributed by atoms with van der Waals surface area (Å²) in [6.07, 6.45) is 0. The molecule has 0 unspecified atom stereocenters. The first-order valence-electron chi connectivity index (χ1n) is 6.80. The van der Waals surface area contributed by atoms with Gasteiger partial charge >= 0.3 is 0 Å². The van der Waals surface area contributed by atoms with Crippen molar-refractivity contribution in [3.63, 3.8) is 0 Å². The van der Waals surface area contributed by atoms with Crippen molar-refractivity contribution in [2.24, 2.45) is 5.73 Å². The van der Waals surface area contributed by atoms with Crippen molar-refractivity contribution >= 4 is 11.6 Å². The Hall–Kier alpha value is -2.13. The van der Waals surface area contributed by atoms with Gasteiger partial charge in [-0.25, -0.2) is 0 Å². The molecule has 0 spiro atoms. The summed E-state index contributed by atoms with van der Waals surface area (Å²) in [4.78, 5) is 13.9. The van der Waals surface area contributed by atoms with Crippen LogP contribution < -0.4 is 10.6 Å². The lowest BCUT2D eigenvalue weighted by molar-refractivity contribution is -0.126. The molecule has 1 aliphatic rings. The van der Waals surface area contributed by atoms with Crippen molar-refractivity contribution in [1.82, 2.24) is 0 Å². The third kappa shape index (κ3) is 2.00. The standard InChI is InChI=1S/C17H18N2O/c1-11-3-7-13(8-4-11)16-15(18)17(20)19(16)14-9-5-12(2)6-10-14/h3-10,15-16H,18H2,1-2H3/t15-,16-/m1/s1. The number of hydrogen-bond donors (Lipinski definition) is 1. The van der Waals surface area contributed by atoms with Gasteiger partial charge < -0.3 is 10.6 Å². The normalized spacial score (nSPS) is 21.8. The van der Waals surface area contributed by atoms with E-state index in [0.29, 0.717) is 0 Å². The first-order chi connectivity index (χ1) is 9.58. The lowest BCUT2D eigenvalue weighted by Crippen LogP contribution is -2.63. The lowest BCUT2D eigenvalue weighted by Gasteiger charge is -2.45. The van der Waals surface area contributed by atoms with Gasteiger partial charge in [-0.2, -0.15) is 0 Å². The molecule has 0 aromatic heterocycles. The highest BCUT2D eigenvalue weighted by molar-refractivity contribution is 6.05. The van der Waals surface area contributed by atoms with Crippen molar-refractivity contribution in [3.8, 4) is 0 Å². The first kappa shape index (κ1) is 12.9. The van der Waals surface area contributed by atoms with Gasteiger partial charge in [-0.05, 0) is 31.5 Å². The van der Waals surface area contributed by atoms with Crippen LogP contribution in [0.4, 0.5) is 5.69 Å². The highest BCUT2D eigenvalue weighted by atomic mass is 16.2. The van der Waals surface area contributed by atoms with Gasteiger partial charge in [0.2, 0.25) is 5.91 Å². The van der Waals surface area contributed by atoms with Gasteiger partial charge in [0.15, 0.2) is 0 Å². The molecule has 3 rings (SSSR count). The Balaban J connectivity index is 1.95. The van der Waals surface area contributed by atoms with E-state index in [1.165, 1.54) is 11.1 Å². The summed E-state index contributed by atoms with van der Waals surface area (Å²) >= 11 is 0. The number of hydrogen-bond acceptors (Lipinski definition) is 2. The third-order valence-electron chi connectivity index (χ3n) is 3.87. The predicted octanol–water partition coefficient (Wildman–Crippen LogP) is 2.72. The summed E-state index contributed by atoms with van der Waals surface area (Å²) in [7, 11) is 0. The van der Waals surface area contributed by atoms with Crippen molar-refractivity contribution < 1.29 is 4.79 Å². The van der Waals surface area contributed by atoms with Crippen LogP contribution >= 0.6 is 0 Å². The minimum atomic E-state index is -0.445. The van der Waals surface area contributed by atoms with Crippen LogP contribution in [0.15, 0.2) is 48.5 Å². The number of carbonyl (C=O) groups is 1. The van der Waals surface area contributed by atoms with Crippen molar-refractivity contribution in [1.29, 1.82) is 0 Å². The summed E-state index contributed by atoms with van der Waals surface area (Å²) in [5, 5.41) is 0. The summed E-state index contributed by atoms with van der Waals surface area (Å²) < 4.78 is 0. The molecule has 1 amide bonds. The number of anilines is 1. The molecule has 20 heavy (non-hydrogen) atoms. The second kappa shape index (κ2) is 4.76. The van der Waals surface area contributed by atoms with E-state index in [9.17, 15) is 4.79 Å². The van der Waals surface area contributed by atoms with E-state index >= 15 is 0 Å². The van der Waals surface area contributed by atoms with E-state index in [-0.39, 0.29) is 11.9 Å². The Kier molecular flexibility index (Phi) is 3.07. The minimum absolute atomic E-state index is 0.0144. The number of nitrogens with zero attached hydrogens (tertiary/aromatic N) is 1. The molecular weight excluding hydrogens is 248 g/mol. The van der Waals surface area contributed by atoms with E-state index in [1.807, 2.05) is 50.2 Å². The quantitative estimate of drug-likeness (QED) is 0.849. The zero-order valence-corrected chi connectivity index (χ0v) is 11.7. The maximum Gasteiger partial charge on any atom is 0.247 e. The van der Waals surface area contributed by atoms with Crippen molar-refractivity contribution in [2.45, 2.75) is 25.9 Å². The van der Waals surface area contributed by atoms with Crippen LogP contribution in [0.1, 0.15) is 22.7 Å². The Morgan fingerprint density at radius 1 is 0.900 bits per heavy atom. The fourth-order valence-corrected chi connectivity index (χ4v) is 2.62. The summed E-state index contributed by atoms with van der Waals surface area (Å²) in [5.74, 6) is -0.0144. The highest BCUT2D eigenvalue weighted by Crippen LogP contribution is 2.38. The third-order valence-corrected chi connectivity index (χ3v) is 3.87. The molecule has 0 bridgehead atoms. The van der Waals surface area contributed by atoms with Gasteiger partial charge in [-0.1, -0.05) is 47.5 Å². The van der Waals surface area contributed by atoms with Gasteiger partial charge in [-0.3, -0.25) is 4.79 Å². The fourth-order valence-electron chi connectivity index (χ4n) is 2.62. The molecule has 102 valence electrons. The van der Waals surface area contributed by atoms with Gasteiger partial charge in [-0.15, -0.1) is 0 Å². The van der Waals surface area contributed by atoms with E-state index in [4.69, 9.17) is 5.73 Å². The molecule has 1 saturated heterocycles. The van der Waals surface area contributed by atoms with Gasteiger partial charge in [0.25, 0.3) is 0 Å². The lowest BCUT2D eigenvalue weighted by atomic mass is 9.88. The molecule has 1 heterocycles. The van der Waals surface area contributed by atoms with Crippen LogP contribution in [0.25, 0.3) is 0 Å². The maximum atomic E-state index is 12.1. The van der Waals surface area contributed by atoms with Crippen LogP contribution in [0.3, 0.4) is 0 Å². The van der Waals surface area contributed by atoms with Crippen molar-refractivity contribution in [3.05, 3.63) is 65.2 Å². The van der Waals surface area contributed by atoms with Crippen LogP contribution in [-0.4, -0.2) is 11.9 Å². The number of aryl methyl sites for hydroxylation is 2. The maximum absolute atomic E-state index is 12.1. The first-order valence-corrected chi connectivity index (χ1v) is 6.80. The van der Waals surface area contributed by atoms with Crippen molar-refractivity contribution in [2.75, 3.05) is 4.90 Å². The van der Waals surface area contributed by atoms with E-state index in [0.717, 1.165) is 11.3 Å². The Bertz CT molecular complexity index is 631. The predicted molar refractivity (Wildman–Crippen MR) is 80.6 cm³/mol.